The third kappa shape index (κ3) is 7.24. The molecule has 2 rings (SSSR count). The number of nitrogens with one attached hydrogen (secondary N) is 1. The van der Waals surface area contributed by atoms with Crippen LogP contribution in [-0.4, -0.2) is 50.0 Å². The van der Waals surface area contributed by atoms with Crippen LogP contribution >= 0.6 is 0 Å². The van der Waals surface area contributed by atoms with Gasteiger partial charge in [-0.05, 0) is 44.9 Å². The van der Waals surface area contributed by atoms with Gasteiger partial charge in [-0.1, -0.05) is 36.8 Å². The molecule has 0 bridgehead atoms. The van der Waals surface area contributed by atoms with E-state index < -0.39 is 40.2 Å². The van der Waals surface area contributed by atoms with Crippen LogP contribution < -0.4 is 9.62 Å². The van der Waals surface area contributed by atoms with Crippen LogP contribution in [0.2, 0.25) is 0 Å². The normalized spacial score (nSPS) is 13.1. The van der Waals surface area contributed by atoms with Gasteiger partial charge in [0.15, 0.2) is 11.6 Å². The molecule has 0 aromatic heterocycles. The molecule has 0 fully saturated rings. The van der Waals surface area contributed by atoms with Gasteiger partial charge < -0.3 is 10.2 Å². The van der Waals surface area contributed by atoms with E-state index in [2.05, 4.69) is 5.32 Å². The van der Waals surface area contributed by atoms with Crippen LogP contribution in [0.15, 0.2) is 42.5 Å². The second kappa shape index (κ2) is 11.4. The summed E-state index contributed by atoms with van der Waals surface area (Å²) in [5.74, 6) is -3.42. The highest BCUT2D eigenvalue weighted by molar-refractivity contribution is 7.92. The maximum Gasteiger partial charge on any atom is 0.244 e. The van der Waals surface area contributed by atoms with Gasteiger partial charge in [-0.15, -0.1) is 0 Å². The molecule has 0 heterocycles. The number of carbonyl (C=O) groups excluding carboxylic acids is 2. The van der Waals surface area contributed by atoms with Crippen molar-refractivity contribution in [1.29, 1.82) is 0 Å². The molecule has 0 saturated heterocycles. The molecule has 0 unspecified atom stereocenters. The lowest BCUT2D eigenvalue weighted by Gasteiger charge is -2.32. The molecule has 34 heavy (non-hydrogen) atoms. The zero-order valence-electron chi connectivity index (χ0n) is 20.0. The Hall–Kier alpha value is -3.01. The van der Waals surface area contributed by atoms with E-state index in [0.717, 1.165) is 29.5 Å². The van der Waals surface area contributed by atoms with Gasteiger partial charge in [0.25, 0.3) is 0 Å². The first kappa shape index (κ1) is 27.2. The molecular formula is C24H31F2N3O4S. The molecule has 7 nitrogen and oxygen atoms in total. The van der Waals surface area contributed by atoms with Crippen LogP contribution in [0.25, 0.3) is 0 Å². The number of halogens is 2. The Morgan fingerprint density at radius 3 is 2.18 bits per heavy atom. The number of benzene rings is 2. The zero-order valence-corrected chi connectivity index (χ0v) is 20.8. The predicted molar refractivity (Wildman–Crippen MR) is 128 cm³/mol. The van der Waals surface area contributed by atoms with Gasteiger partial charge in [-0.25, -0.2) is 17.2 Å². The molecule has 0 saturated carbocycles. The number of carbonyl (C=O) groups is 2. The number of hydrogen-bond acceptors (Lipinski definition) is 4. The minimum absolute atomic E-state index is 0.0591. The number of hydrogen-bond donors (Lipinski definition) is 1. The fourth-order valence-electron chi connectivity index (χ4n) is 3.19. The molecule has 0 aliphatic heterocycles. The van der Waals surface area contributed by atoms with Crippen molar-refractivity contribution in [3.8, 4) is 0 Å². The standard InChI is InChI=1S/C24H31F2N3O4S/c1-6-17(3)27-24(31)18(4)28(14-19-9-7-16(2)8-10-19)23(30)15-29(34(5,32)33)20-11-12-21(25)22(26)13-20/h7-13,17-18H,6,14-15H2,1-5H3,(H,27,31)/t17-,18-/m0/s1. The summed E-state index contributed by atoms with van der Waals surface area (Å²) in [6.45, 7) is 6.61. The molecule has 0 aliphatic rings. The summed E-state index contributed by atoms with van der Waals surface area (Å²) in [6, 6.07) is 8.94. The molecule has 10 heteroatoms. The molecule has 2 aromatic rings. The summed E-state index contributed by atoms with van der Waals surface area (Å²) in [6.07, 6.45) is 1.56. The van der Waals surface area contributed by atoms with Crippen molar-refractivity contribution in [2.24, 2.45) is 0 Å². The number of aryl methyl sites for hydroxylation is 1. The molecule has 186 valence electrons. The molecule has 2 atom stereocenters. The molecule has 0 aliphatic carbocycles. The third-order valence-corrected chi connectivity index (χ3v) is 6.65. The highest BCUT2D eigenvalue weighted by Gasteiger charge is 2.30. The average molecular weight is 496 g/mol. The predicted octanol–water partition coefficient (Wildman–Crippen LogP) is 3.37. The summed E-state index contributed by atoms with van der Waals surface area (Å²) in [4.78, 5) is 27.5. The lowest BCUT2D eigenvalue weighted by atomic mass is 10.1. The van der Waals surface area contributed by atoms with E-state index in [1.54, 1.807) is 6.92 Å². The van der Waals surface area contributed by atoms with Gasteiger partial charge in [0, 0.05) is 18.7 Å². The van der Waals surface area contributed by atoms with Crippen molar-refractivity contribution < 1.29 is 26.8 Å². The Balaban J connectivity index is 2.39. The first-order valence-corrected chi connectivity index (χ1v) is 12.8. The van der Waals surface area contributed by atoms with Crippen molar-refractivity contribution in [2.45, 2.75) is 52.7 Å². The van der Waals surface area contributed by atoms with Gasteiger partial charge in [0.05, 0.1) is 11.9 Å². The number of rotatable bonds is 10. The Morgan fingerprint density at radius 1 is 1.03 bits per heavy atom. The van der Waals surface area contributed by atoms with Gasteiger partial charge >= 0.3 is 0 Å². The van der Waals surface area contributed by atoms with E-state index in [4.69, 9.17) is 0 Å². The van der Waals surface area contributed by atoms with Gasteiger partial charge in [0.2, 0.25) is 21.8 Å². The maximum atomic E-state index is 13.8. The van der Waals surface area contributed by atoms with Crippen molar-refractivity contribution in [2.75, 3.05) is 17.1 Å². The SMILES string of the molecule is CC[C@H](C)NC(=O)[C@H](C)N(Cc1ccc(C)cc1)C(=O)CN(c1ccc(F)c(F)c1)S(C)(=O)=O. The van der Waals surface area contributed by atoms with E-state index in [0.29, 0.717) is 16.8 Å². The summed E-state index contributed by atoms with van der Waals surface area (Å²) < 4.78 is 52.7. The quantitative estimate of drug-likeness (QED) is 0.548. The fourth-order valence-corrected chi connectivity index (χ4v) is 4.03. The van der Waals surface area contributed by atoms with Crippen molar-refractivity contribution >= 4 is 27.5 Å². The number of amides is 2. The summed E-state index contributed by atoms with van der Waals surface area (Å²) in [7, 11) is -4.03. The lowest BCUT2D eigenvalue weighted by molar-refractivity contribution is -0.139. The Morgan fingerprint density at radius 2 is 1.65 bits per heavy atom. The Kier molecular flexibility index (Phi) is 9.14. The lowest BCUT2D eigenvalue weighted by Crippen LogP contribution is -2.52. The Labute approximate surface area is 199 Å². The highest BCUT2D eigenvalue weighted by Crippen LogP contribution is 2.21. The van der Waals surface area contributed by atoms with Crippen LogP contribution in [0.3, 0.4) is 0 Å². The minimum atomic E-state index is -4.03. The highest BCUT2D eigenvalue weighted by atomic mass is 32.2. The number of anilines is 1. The van der Waals surface area contributed by atoms with Gasteiger partial charge in [-0.3, -0.25) is 13.9 Å². The summed E-state index contributed by atoms with van der Waals surface area (Å²) in [5.41, 5.74) is 1.58. The minimum Gasteiger partial charge on any atom is -0.352 e. The fraction of sp³-hybridized carbons (Fsp3) is 0.417. The van der Waals surface area contributed by atoms with Crippen LogP contribution in [0, 0.1) is 18.6 Å². The van der Waals surface area contributed by atoms with E-state index in [1.165, 1.54) is 4.90 Å². The molecule has 2 amide bonds. The van der Waals surface area contributed by atoms with E-state index >= 15 is 0 Å². The van der Waals surface area contributed by atoms with Crippen molar-refractivity contribution in [3.63, 3.8) is 0 Å². The van der Waals surface area contributed by atoms with E-state index in [9.17, 15) is 26.8 Å². The second-order valence-corrected chi connectivity index (χ2v) is 10.3. The van der Waals surface area contributed by atoms with Gasteiger partial charge in [-0.2, -0.15) is 0 Å². The average Bonchev–Trinajstić information content (AvgIpc) is 2.77. The number of sulfonamides is 1. The third-order valence-electron chi connectivity index (χ3n) is 5.51. The molecule has 1 N–H and O–H groups in total. The smallest absolute Gasteiger partial charge is 0.244 e. The Bertz CT molecular complexity index is 1120. The van der Waals surface area contributed by atoms with E-state index in [1.807, 2.05) is 45.0 Å². The molecule has 0 radical (unpaired) electrons. The van der Waals surface area contributed by atoms with Crippen LogP contribution in [0.1, 0.15) is 38.3 Å². The van der Waals surface area contributed by atoms with Crippen molar-refractivity contribution in [1.82, 2.24) is 10.2 Å². The first-order chi connectivity index (χ1) is 15.8. The van der Waals surface area contributed by atoms with Crippen LogP contribution in [0.4, 0.5) is 14.5 Å². The van der Waals surface area contributed by atoms with Crippen LogP contribution in [0.5, 0.6) is 0 Å². The van der Waals surface area contributed by atoms with E-state index in [-0.39, 0.29) is 24.2 Å². The molecule has 2 aromatic carbocycles. The topological polar surface area (TPSA) is 86.8 Å². The number of nitrogens with zero attached hydrogens (tertiary/aromatic N) is 2. The van der Waals surface area contributed by atoms with Crippen molar-refractivity contribution in [3.05, 3.63) is 65.2 Å². The van der Waals surface area contributed by atoms with Crippen LogP contribution in [-0.2, 0) is 26.2 Å². The first-order valence-electron chi connectivity index (χ1n) is 10.9. The largest absolute Gasteiger partial charge is 0.352 e. The monoisotopic (exact) mass is 495 g/mol. The van der Waals surface area contributed by atoms with Gasteiger partial charge in [0.1, 0.15) is 12.6 Å². The maximum absolute atomic E-state index is 13.8. The second-order valence-electron chi connectivity index (χ2n) is 8.37. The molecular weight excluding hydrogens is 464 g/mol. The summed E-state index contributed by atoms with van der Waals surface area (Å²) >= 11 is 0. The summed E-state index contributed by atoms with van der Waals surface area (Å²) in [5, 5.41) is 2.83. The molecule has 0 spiro atoms. The zero-order chi connectivity index (χ0) is 25.6.